The number of fused-ring (bicyclic) bond motifs is 1. The molecule has 0 aliphatic carbocycles. The molecule has 86 valence electrons. The van der Waals surface area contributed by atoms with E-state index in [0.717, 1.165) is 10.4 Å². The summed E-state index contributed by atoms with van der Waals surface area (Å²) in [5.41, 5.74) is 0.901. The summed E-state index contributed by atoms with van der Waals surface area (Å²) >= 11 is 7.48. The normalized spacial score (nSPS) is 14.8. The van der Waals surface area contributed by atoms with E-state index in [1.54, 1.807) is 4.57 Å². The van der Waals surface area contributed by atoms with Crippen LogP contribution in [0.5, 0.6) is 0 Å². The first-order valence-corrected chi connectivity index (χ1v) is 6.45. The Morgan fingerprint density at radius 2 is 2.24 bits per heavy atom. The number of benzene rings is 1. The summed E-state index contributed by atoms with van der Waals surface area (Å²) in [5, 5.41) is 0.655. The first-order chi connectivity index (χ1) is 8.25. The quantitative estimate of drug-likeness (QED) is 0.757. The molecule has 0 unspecified atom stereocenters. The molecular formula is C12H9ClN2OS. The minimum absolute atomic E-state index is 0.0335. The number of nitrogens with zero attached hydrogens (tertiary/aromatic N) is 2. The van der Waals surface area contributed by atoms with Gasteiger partial charge in [0.2, 0.25) is 0 Å². The molecule has 1 aromatic heterocycles. The molecule has 3 rings (SSSR count). The van der Waals surface area contributed by atoms with Gasteiger partial charge in [-0.2, -0.15) is 0 Å². The molecule has 1 aromatic carbocycles. The van der Waals surface area contributed by atoms with Crippen LogP contribution in [0.15, 0.2) is 34.1 Å². The maximum atomic E-state index is 12.0. The molecule has 0 fully saturated rings. The second-order valence-electron chi connectivity index (χ2n) is 3.75. The van der Waals surface area contributed by atoms with Crippen LogP contribution in [-0.2, 0) is 6.54 Å². The standard InChI is InChI=1S/C12H9ClN2OS/c13-9-4-2-1-3-8(9)7-10-11(16)15-6-5-14-12(15)17-10/h1-4,7H,5-6H2/b10-7+. The highest BCUT2D eigenvalue weighted by molar-refractivity contribution is 7.07. The van der Waals surface area contributed by atoms with Crippen molar-refractivity contribution in [1.29, 1.82) is 0 Å². The molecule has 0 bridgehead atoms. The smallest absolute Gasteiger partial charge is 0.270 e. The van der Waals surface area contributed by atoms with Crippen LogP contribution in [0.4, 0.5) is 0 Å². The van der Waals surface area contributed by atoms with Crippen molar-refractivity contribution in [2.24, 2.45) is 4.99 Å². The van der Waals surface area contributed by atoms with Gasteiger partial charge in [-0.15, -0.1) is 0 Å². The molecule has 5 heteroatoms. The molecular weight excluding hydrogens is 256 g/mol. The summed E-state index contributed by atoms with van der Waals surface area (Å²) < 4.78 is 2.41. The predicted molar refractivity (Wildman–Crippen MR) is 69.2 cm³/mol. The van der Waals surface area contributed by atoms with E-state index in [9.17, 15) is 4.79 Å². The molecule has 0 atom stereocenters. The fraction of sp³-hybridized carbons (Fsp3) is 0.167. The summed E-state index contributed by atoms with van der Waals surface area (Å²) in [6.07, 6.45) is 1.83. The molecule has 0 amide bonds. The lowest BCUT2D eigenvalue weighted by molar-refractivity contribution is 0.740. The van der Waals surface area contributed by atoms with Crippen LogP contribution in [0.2, 0.25) is 5.02 Å². The number of hydrogen-bond acceptors (Lipinski definition) is 3. The van der Waals surface area contributed by atoms with Gasteiger partial charge in [-0.1, -0.05) is 41.1 Å². The molecule has 1 aliphatic rings. The third-order valence-electron chi connectivity index (χ3n) is 2.65. The summed E-state index contributed by atoms with van der Waals surface area (Å²) in [7, 11) is 0. The van der Waals surface area contributed by atoms with Crippen molar-refractivity contribution < 1.29 is 0 Å². The topological polar surface area (TPSA) is 34.4 Å². The average molecular weight is 265 g/mol. The number of hydrogen-bond donors (Lipinski definition) is 0. The van der Waals surface area contributed by atoms with Gasteiger partial charge in [0.1, 0.15) is 0 Å². The second kappa shape index (κ2) is 4.13. The van der Waals surface area contributed by atoms with Gasteiger partial charge in [0, 0.05) is 11.6 Å². The Morgan fingerprint density at radius 1 is 1.41 bits per heavy atom. The Hall–Kier alpha value is -1.39. The van der Waals surface area contributed by atoms with Crippen molar-refractivity contribution in [3.63, 3.8) is 0 Å². The van der Waals surface area contributed by atoms with Crippen molar-refractivity contribution >= 4 is 29.0 Å². The van der Waals surface area contributed by atoms with Gasteiger partial charge in [-0.25, -0.2) is 0 Å². The predicted octanol–water partition coefficient (Wildman–Crippen LogP) is 1.03. The maximum absolute atomic E-state index is 12.0. The van der Waals surface area contributed by atoms with E-state index in [0.29, 0.717) is 22.6 Å². The number of aromatic nitrogens is 1. The third kappa shape index (κ3) is 1.83. The van der Waals surface area contributed by atoms with Crippen LogP contribution < -0.4 is 14.9 Å². The fourth-order valence-electron chi connectivity index (χ4n) is 1.80. The number of halogens is 1. The van der Waals surface area contributed by atoms with E-state index < -0.39 is 0 Å². The zero-order chi connectivity index (χ0) is 11.8. The van der Waals surface area contributed by atoms with Gasteiger partial charge in [0.25, 0.3) is 5.56 Å². The molecule has 0 spiro atoms. The van der Waals surface area contributed by atoms with Crippen LogP contribution in [-0.4, -0.2) is 11.1 Å². The molecule has 0 saturated carbocycles. The monoisotopic (exact) mass is 264 g/mol. The van der Waals surface area contributed by atoms with E-state index in [1.165, 1.54) is 11.3 Å². The van der Waals surface area contributed by atoms with Gasteiger partial charge < -0.3 is 0 Å². The van der Waals surface area contributed by atoms with Crippen molar-refractivity contribution in [3.05, 3.63) is 54.5 Å². The summed E-state index contributed by atoms with van der Waals surface area (Å²) in [6, 6.07) is 7.49. The van der Waals surface area contributed by atoms with E-state index in [2.05, 4.69) is 4.99 Å². The van der Waals surface area contributed by atoms with Gasteiger partial charge in [-0.3, -0.25) is 14.4 Å². The second-order valence-corrected chi connectivity index (χ2v) is 5.17. The number of thiazole rings is 1. The van der Waals surface area contributed by atoms with E-state index >= 15 is 0 Å². The Bertz CT molecular complexity index is 745. The Morgan fingerprint density at radius 3 is 3.00 bits per heavy atom. The van der Waals surface area contributed by atoms with Gasteiger partial charge in [0.05, 0.1) is 11.1 Å². The zero-order valence-corrected chi connectivity index (χ0v) is 10.5. The van der Waals surface area contributed by atoms with Crippen LogP contribution in [0, 0.1) is 0 Å². The highest BCUT2D eigenvalue weighted by Crippen LogP contribution is 2.14. The first kappa shape index (κ1) is 10.7. The molecule has 3 nitrogen and oxygen atoms in total. The minimum Gasteiger partial charge on any atom is -0.282 e. The van der Waals surface area contributed by atoms with Crippen LogP contribution in [0.3, 0.4) is 0 Å². The minimum atomic E-state index is 0.0335. The van der Waals surface area contributed by atoms with Crippen molar-refractivity contribution in [2.45, 2.75) is 6.54 Å². The lowest BCUT2D eigenvalue weighted by Crippen LogP contribution is -2.29. The van der Waals surface area contributed by atoms with E-state index in [4.69, 9.17) is 11.6 Å². The Balaban J connectivity index is 2.24. The van der Waals surface area contributed by atoms with Gasteiger partial charge in [0.15, 0.2) is 4.80 Å². The molecule has 17 heavy (non-hydrogen) atoms. The SMILES string of the molecule is O=c1/c(=C\c2ccccc2Cl)sc2n1CCN=2. The fourth-order valence-corrected chi connectivity index (χ4v) is 3.01. The maximum Gasteiger partial charge on any atom is 0.270 e. The zero-order valence-electron chi connectivity index (χ0n) is 8.89. The van der Waals surface area contributed by atoms with E-state index in [-0.39, 0.29) is 5.56 Å². The molecule has 1 aliphatic heterocycles. The van der Waals surface area contributed by atoms with Gasteiger partial charge in [-0.05, 0) is 17.7 Å². The highest BCUT2D eigenvalue weighted by atomic mass is 35.5. The van der Waals surface area contributed by atoms with Gasteiger partial charge >= 0.3 is 0 Å². The summed E-state index contributed by atoms with van der Waals surface area (Å²) in [6.45, 7) is 1.41. The molecule has 2 aromatic rings. The largest absolute Gasteiger partial charge is 0.282 e. The van der Waals surface area contributed by atoms with Crippen LogP contribution >= 0.6 is 22.9 Å². The molecule has 2 heterocycles. The Kier molecular flexibility index (Phi) is 2.61. The Labute approximate surface area is 106 Å². The van der Waals surface area contributed by atoms with Crippen LogP contribution in [0.25, 0.3) is 6.08 Å². The van der Waals surface area contributed by atoms with Crippen molar-refractivity contribution in [3.8, 4) is 0 Å². The average Bonchev–Trinajstić information content (AvgIpc) is 2.87. The molecule has 0 radical (unpaired) electrons. The molecule has 0 N–H and O–H groups in total. The van der Waals surface area contributed by atoms with Crippen molar-refractivity contribution in [2.75, 3.05) is 6.54 Å². The molecule has 0 saturated heterocycles. The first-order valence-electron chi connectivity index (χ1n) is 5.26. The van der Waals surface area contributed by atoms with Crippen LogP contribution in [0.1, 0.15) is 5.56 Å². The van der Waals surface area contributed by atoms with E-state index in [1.807, 2.05) is 30.3 Å². The lowest BCUT2D eigenvalue weighted by atomic mass is 10.2. The summed E-state index contributed by atoms with van der Waals surface area (Å²) in [5.74, 6) is 0. The highest BCUT2D eigenvalue weighted by Gasteiger charge is 2.09. The third-order valence-corrected chi connectivity index (χ3v) is 4.04. The van der Waals surface area contributed by atoms with Crippen molar-refractivity contribution in [1.82, 2.24) is 4.57 Å². The lowest BCUT2D eigenvalue weighted by Gasteiger charge is -1.94. The number of rotatable bonds is 1. The summed E-state index contributed by atoms with van der Waals surface area (Å²) in [4.78, 5) is 17.1.